The van der Waals surface area contributed by atoms with E-state index in [1.807, 2.05) is 13.8 Å². The van der Waals surface area contributed by atoms with Gasteiger partial charge in [0.2, 0.25) is 5.91 Å². The summed E-state index contributed by atoms with van der Waals surface area (Å²) in [5, 5.41) is 16.0. The summed E-state index contributed by atoms with van der Waals surface area (Å²) in [7, 11) is 1.56. The number of hydrogen-bond donors (Lipinski definition) is 3. The van der Waals surface area contributed by atoms with E-state index in [2.05, 4.69) is 17.6 Å². The third-order valence-corrected chi connectivity index (χ3v) is 6.79. The number of carbonyl (C=O) groups is 3. The van der Waals surface area contributed by atoms with E-state index in [9.17, 15) is 19.5 Å². The zero-order valence-electron chi connectivity index (χ0n) is 25.5. The van der Waals surface area contributed by atoms with Crippen molar-refractivity contribution in [1.82, 2.24) is 10.2 Å². The number of methoxy groups -OCH3 is 1. The fourth-order valence-corrected chi connectivity index (χ4v) is 4.42. The van der Waals surface area contributed by atoms with Crippen molar-refractivity contribution in [3.05, 3.63) is 54.1 Å². The first-order chi connectivity index (χ1) is 19.4. The summed E-state index contributed by atoms with van der Waals surface area (Å²) < 4.78 is 10.7. The van der Waals surface area contributed by atoms with Gasteiger partial charge in [-0.25, -0.2) is 4.79 Å². The van der Waals surface area contributed by atoms with Crippen molar-refractivity contribution in [2.24, 2.45) is 5.92 Å². The molecule has 0 saturated carbocycles. The van der Waals surface area contributed by atoms with Crippen molar-refractivity contribution >= 4 is 23.6 Å². The standard InChI is InChI=1S/C32H47N3O6/c1-8-10-11-12-20-35(30(38)27(22(3)9-2)34-31(39)41-32(4,5)6)28(23-14-13-15-25(36)21-23)29(37)33-24-16-18-26(40-7)19-17-24/h13-19,21-22,27-28,36H,8-12,20H2,1-7H3,(H,33,37)(H,34,39). The predicted octanol–water partition coefficient (Wildman–Crippen LogP) is 6.43. The van der Waals surface area contributed by atoms with Crippen molar-refractivity contribution < 1.29 is 29.0 Å². The minimum Gasteiger partial charge on any atom is -0.508 e. The highest BCUT2D eigenvalue weighted by Crippen LogP contribution is 2.29. The van der Waals surface area contributed by atoms with Crippen LogP contribution in [0.15, 0.2) is 48.5 Å². The molecule has 3 unspecified atom stereocenters. The van der Waals surface area contributed by atoms with Gasteiger partial charge in [-0.15, -0.1) is 0 Å². The number of unbranched alkanes of at least 4 members (excludes halogenated alkanes) is 3. The molecule has 0 aromatic heterocycles. The fraction of sp³-hybridized carbons (Fsp3) is 0.531. The number of alkyl carbamates (subject to hydrolysis) is 1. The van der Waals surface area contributed by atoms with Crippen LogP contribution in [-0.2, 0) is 14.3 Å². The molecule has 0 radical (unpaired) electrons. The largest absolute Gasteiger partial charge is 0.508 e. The molecule has 0 fully saturated rings. The summed E-state index contributed by atoms with van der Waals surface area (Å²) in [6.07, 6.45) is 3.47. The molecule has 0 aliphatic rings. The molecule has 2 aromatic carbocycles. The minimum absolute atomic E-state index is 0.0199. The molecule has 3 N–H and O–H groups in total. The van der Waals surface area contributed by atoms with Gasteiger partial charge in [-0.2, -0.15) is 0 Å². The number of carbonyl (C=O) groups excluding carboxylic acids is 3. The molecule has 9 nitrogen and oxygen atoms in total. The van der Waals surface area contributed by atoms with Crippen LogP contribution in [0.25, 0.3) is 0 Å². The van der Waals surface area contributed by atoms with Crippen LogP contribution in [0.4, 0.5) is 10.5 Å². The van der Waals surface area contributed by atoms with Gasteiger partial charge in [-0.05, 0) is 75.1 Å². The number of nitrogens with zero attached hydrogens (tertiary/aromatic N) is 1. The van der Waals surface area contributed by atoms with Crippen LogP contribution in [0.2, 0.25) is 0 Å². The fourth-order valence-electron chi connectivity index (χ4n) is 4.42. The first-order valence-electron chi connectivity index (χ1n) is 14.4. The van der Waals surface area contributed by atoms with Crippen LogP contribution in [0.1, 0.15) is 85.3 Å². The van der Waals surface area contributed by atoms with Gasteiger partial charge in [0.05, 0.1) is 7.11 Å². The van der Waals surface area contributed by atoms with Crippen molar-refractivity contribution in [2.75, 3.05) is 19.0 Å². The van der Waals surface area contributed by atoms with E-state index in [0.717, 1.165) is 19.3 Å². The summed E-state index contributed by atoms with van der Waals surface area (Å²) in [5.41, 5.74) is 0.250. The number of nitrogens with one attached hydrogen (secondary N) is 2. The van der Waals surface area contributed by atoms with Gasteiger partial charge in [0.1, 0.15) is 29.2 Å². The molecule has 0 bridgehead atoms. The van der Waals surface area contributed by atoms with Crippen LogP contribution < -0.4 is 15.4 Å². The first kappa shape index (κ1) is 33.5. The Kier molecular flexibility index (Phi) is 13.0. The van der Waals surface area contributed by atoms with Crippen molar-refractivity contribution in [3.63, 3.8) is 0 Å². The summed E-state index contributed by atoms with van der Waals surface area (Å²) >= 11 is 0. The topological polar surface area (TPSA) is 117 Å². The van der Waals surface area contributed by atoms with Gasteiger partial charge in [0.15, 0.2) is 0 Å². The molecule has 0 aliphatic carbocycles. The van der Waals surface area contributed by atoms with Gasteiger partial charge in [0, 0.05) is 12.2 Å². The van der Waals surface area contributed by atoms with Crippen molar-refractivity contribution in [3.8, 4) is 11.5 Å². The normalized spacial score (nSPS) is 13.4. The van der Waals surface area contributed by atoms with Crippen molar-refractivity contribution in [1.29, 1.82) is 0 Å². The van der Waals surface area contributed by atoms with Crippen LogP contribution >= 0.6 is 0 Å². The van der Waals surface area contributed by atoms with E-state index in [1.54, 1.807) is 64.3 Å². The number of anilines is 1. The van der Waals surface area contributed by atoms with Crippen molar-refractivity contribution in [2.45, 2.75) is 91.3 Å². The number of ether oxygens (including phenoxy) is 2. The Balaban J connectivity index is 2.54. The van der Waals surface area contributed by atoms with E-state index in [-0.39, 0.29) is 24.1 Å². The molecule has 0 saturated heterocycles. The van der Waals surface area contributed by atoms with E-state index >= 15 is 0 Å². The third kappa shape index (κ3) is 10.6. The average Bonchev–Trinajstić information content (AvgIpc) is 2.92. The lowest BCUT2D eigenvalue weighted by molar-refractivity contribution is -0.142. The number of phenols is 1. The van der Waals surface area contributed by atoms with Gasteiger partial charge >= 0.3 is 6.09 Å². The second kappa shape index (κ2) is 15.9. The maximum absolute atomic E-state index is 14.3. The zero-order chi connectivity index (χ0) is 30.6. The molecule has 41 heavy (non-hydrogen) atoms. The smallest absolute Gasteiger partial charge is 0.408 e. The lowest BCUT2D eigenvalue weighted by atomic mass is 9.95. The number of benzene rings is 2. The maximum atomic E-state index is 14.3. The maximum Gasteiger partial charge on any atom is 0.408 e. The zero-order valence-corrected chi connectivity index (χ0v) is 25.5. The van der Waals surface area contributed by atoms with Crippen LogP contribution in [0.3, 0.4) is 0 Å². The molecule has 2 aromatic rings. The Morgan fingerprint density at radius 2 is 1.68 bits per heavy atom. The van der Waals surface area contributed by atoms with Gasteiger partial charge < -0.3 is 30.1 Å². The number of phenolic OH excluding ortho intramolecular Hbond substituents is 1. The Labute approximate surface area is 244 Å². The molecule has 0 aliphatic heterocycles. The molecular weight excluding hydrogens is 522 g/mol. The highest BCUT2D eigenvalue weighted by Gasteiger charge is 2.38. The van der Waals surface area contributed by atoms with E-state index in [4.69, 9.17) is 9.47 Å². The van der Waals surface area contributed by atoms with E-state index in [0.29, 0.717) is 29.8 Å². The van der Waals surface area contributed by atoms with Gasteiger partial charge in [-0.3, -0.25) is 9.59 Å². The summed E-state index contributed by atoms with van der Waals surface area (Å²) in [6, 6.07) is 11.3. The second-order valence-corrected chi connectivity index (χ2v) is 11.3. The van der Waals surface area contributed by atoms with E-state index in [1.165, 1.54) is 17.0 Å². The molecule has 0 spiro atoms. The lowest BCUT2D eigenvalue weighted by Gasteiger charge is -2.36. The predicted molar refractivity (Wildman–Crippen MR) is 161 cm³/mol. The number of aromatic hydroxyl groups is 1. The Morgan fingerprint density at radius 1 is 1.00 bits per heavy atom. The summed E-state index contributed by atoms with van der Waals surface area (Å²) in [6.45, 7) is 11.5. The summed E-state index contributed by atoms with van der Waals surface area (Å²) in [5.74, 6) is -0.439. The molecular formula is C32H47N3O6. The van der Waals surface area contributed by atoms with Gasteiger partial charge in [0.25, 0.3) is 5.91 Å². The molecule has 2 rings (SSSR count). The Bertz CT molecular complexity index is 1130. The van der Waals surface area contributed by atoms with E-state index < -0.39 is 29.7 Å². The SMILES string of the molecule is CCCCCCN(C(=O)C(NC(=O)OC(C)(C)C)C(C)CC)C(C(=O)Nc1ccc(OC)cc1)c1cccc(O)c1. The molecule has 226 valence electrons. The van der Waals surface area contributed by atoms with Crippen LogP contribution in [0, 0.1) is 5.92 Å². The number of hydrogen-bond acceptors (Lipinski definition) is 6. The molecule has 3 atom stereocenters. The third-order valence-electron chi connectivity index (χ3n) is 6.79. The first-order valence-corrected chi connectivity index (χ1v) is 14.4. The van der Waals surface area contributed by atoms with Crippen LogP contribution in [-0.4, -0.2) is 53.2 Å². The highest BCUT2D eigenvalue weighted by molar-refractivity contribution is 5.99. The molecule has 3 amide bonds. The average molecular weight is 570 g/mol. The Morgan fingerprint density at radius 3 is 2.24 bits per heavy atom. The highest BCUT2D eigenvalue weighted by atomic mass is 16.6. The minimum atomic E-state index is -1.06. The van der Waals surface area contributed by atoms with Crippen LogP contribution in [0.5, 0.6) is 11.5 Å². The number of amides is 3. The molecule has 9 heteroatoms. The monoisotopic (exact) mass is 569 g/mol. The Hall–Kier alpha value is -3.75. The number of rotatable bonds is 14. The second-order valence-electron chi connectivity index (χ2n) is 11.3. The van der Waals surface area contributed by atoms with Gasteiger partial charge in [-0.1, -0.05) is 58.6 Å². The summed E-state index contributed by atoms with van der Waals surface area (Å²) in [4.78, 5) is 42.6. The molecule has 0 heterocycles. The quantitative estimate of drug-likeness (QED) is 0.226. The lowest BCUT2D eigenvalue weighted by Crippen LogP contribution is -2.55.